The van der Waals surface area contributed by atoms with Gasteiger partial charge in [0.25, 0.3) is 0 Å². The molecular formula is C15H14F2N2O2. The number of nitrogens with zero attached hydrogens (tertiary/aromatic N) is 2. The van der Waals surface area contributed by atoms with Gasteiger partial charge in [-0.05, 0) is 19.1 Å². The molecule has 0 aliphatic heterocycles. The molecule has 0 spiro atoms. The number of para-hydroxylation sites is 1. The van der Waals surface area contributed by atoms with Crippen molar-refractivity contribution in [2.45, 2.75) is 13.5 Å². The maximum absolute atomic E-state index is 14.1. The van der Waals surface area contributed by atoms with Gasteiger partial charge in [-0.25, -0.2) is 4.39 Å². The van der Waals surface area contributed by atoms with Gasteiger partial charge in [0, 0.05) is 24.7 Å². The van der Waals surface area contributed by atoms with Crippen LogP contribution in [0.1, 0.15) is 12.5 Å². The molecule has 0 fully saturated rings. The Balaban J connectivity index is 2.34. The zero-order chi connectivity index (χ0) is 15.4. The molecule has 0 N–H and O–H groups in total. The van der Waals surface area contributed by atoms with E-state index in [1.807, 2.05) is 6.92 Å². The number of nitro groups is 1. The van der Waals surface area contributed by atoms with E-state index >= 15 is 0 Å². The molecule has 4 nitrogen and oxygen atoms in total. The van der Waals surface area contributed by atoms with E-state index in [-0.39, 0.29) is 12.1 Å². The summed E-state index contributed by atoms with van der Waals surface area (Å²) < 4.78 is 27.9. The summed E-state index contributed by atoms with van der Waals surface area (Å²) >= 11 is 0. The summed E-state index contributed by atoms with van der Waals surface area (Å²) in [5.41, 5.74) is -0.0719. The molecule has 0 atom stereocenters. The second kappa shape index (κ2) is 6.30. The molecule has 0 aliphatic carbocycles. The molecule has 21 heavy (non-hydrogen) atoms. The second-order valence-electron chi connectivity index (χ2n) is 4.47. The molecule has 2 rings (SSSR count). The van der Waals surface area contributed by atoms with Crippen molar-refractivity contribution < 1.29 is 13.7 Å². The highest BCUT2D eigenvalue weighted by Gasteiger charge is 2.19. The highest BCUT2D eigenvalue weighted by molar-refractivity contribution is 5.49. The first-order valence-electron chi connectivity index (χ1n) is 6.45. The number of hydrogen-bond donors (Lipinski definition) is 0. The van der Waals surface area contributed by atoms with E-state index < -0.39 is 22.2 Å². The van der Waals surface area contributed by atoms with Crippen molar-refractivity contribution in [2.24, 2.45) is 0 Å². The Labute approximate surface area is 120 Å². The maximum Gasteiger partial charge on any atom is 0.305 e. The average Bonchev–Trinajstić information content (AvgIpc) is 2.47. The van der Waals surface area contributed by atoms with Gasteiger partial charge >= 0.3 is 5.69 Å². The topological polar surface area (TPSA) is 46.4 Å². The number of halogens is 2. The van der Waals surface area contributed by atoms with Gasteiger partial charge in [-0.1, -0.05) is 24.3 Å². The van der Waals surface area contributed by atoms with Crippen LogP contribution in [0.4, 0.5) is 20.2 Å². The minimum Gasteiger partial charge on any atom is -0.365 e. The molecule has 110 valence electrons. The third-order valence-electron chi connectivity index (χ3n) is 3.19. The van der Waals surface area contributed by atoms with E-state index in [1.54, 1.807) is 23.1 Å². The van der Waals surface area contributed by atoms with E-state index in [0.717, 1.165) is 6.07 Å². The van der Waals surface area contributed by atoms with Crippen molar-refractivity contribution in [3.05, 3.63) is 69.8 Å². The molecule has 0 amide bonds. The molecule has 2 aromatic carbocycles. The van der Waals surface area contributed by atoms with E-state index in [4.69, 9.17) is 0 Å². The average molecular weight is 292 g/mol. The summed E-state index contributed by atoms with van der Waals surface area (Å²) in [5, 5.41) is 10.7. The number of benzene rings is 2. The normalized spacial score (nSPS) is 10.4. The lowest BCUT2D eigenvalue weighted by Gasteiger charge is -2.23. The Hall–Kier alpha value is -2.50. The first-order chi connectivity index (χ1) is 10.0. The predicted octanol–water partition coefficient (Wildman–Crippen LogP) is 3.90. The highest BCUT2D eigenvalue weighted by Crippen LogP contribution is 2.25. The Morgan fingerprint density at radius 3 is 2.48 bits per heavy atom. The summed E-state index contributed by atoms with van der Waals surface area (Å²) in [6, 6.07) is 10.2. The lowest BCUT2D eigenvalue weighted by Crippen LogP contribution is -2.23. The number of nitro benzene ring substituents is 1. The SMILES string of the molecule is CCN(Cc1cccc([N+](=O)[O-])c1F)c1ccccc1F. The molecule has 0 aliphatic rings. The fraction of sp³-hybridized carbons (Fsp3) is 0.200. The standard InChI is InChI=1S/C15H14F2N2O2/c1-2-18(13-8-4-3-7-12(13)16)10-11-6-5-9-14(15(11)17)19(20)21/h3-9H,2,10H2,1H3. The van der Waals surface area contributed by atoms with Crippen LogP contribution in [-0.4, -0.2) is 11.5 Å². The Morgan fingerprint density at radius 2 is 1.86 bits per heavy atom. The Kier molecular flexibility index (Phi) is 4.47. The molecule has 0 heterocycles. The zero-order valence-electron chi connectivity index (χ0n) is 11.4. The number of anilines is 1. The van der Waals surface area contributed by atoms with Crippen molar-refractivity contribution in [1.82, 2.24) is 0 Å². The van der Waals surface area contributed by atoms with E-state index in [0.29, 0.717) is 12.2 Å². The molecule has 0 unspecified atom stereocenters. The minimum atomic E-state index is -0.878. The van der Waals surface area contributed by atoms with Crippen molar-refractivity contribution in [3.8, 4) is 0 Å². The van der Waals surface area contributed by atoms with Gasteiger partial charge in [0.05, 0.1) is 10.6 Å². The van der Waals surface area contributed by atoms with E-state index in [2.05, 4.69) is 0 Å². The summed E-state index contributed by atoms with van der Waals surface area (Å²) in [4.78, 5) is 11.6. The molecule has 0 radical (unpaired) electrons. The van der Waals surface area contributed by atoms with Crippen LogP contribution in [0.2, 0.25) is 0 Å². The zero-order valence-corrected chi connectivity index (χ0v) is 11.4. The molecule has 0 saturated heterocycles. The Bertz CT molecular complexity index is 662. The number of rotatable bonds is 5. The van der Waals surface area contributed by atoms with Gasteiger partial charge in [-0.3, -0.25) is 10.1 Å². The molecule has 0 bridgehead atoms. The molecule has 0 saturated carbocycles. The first-order valence-corrected chi connectivity index (χ1v) is 6.45. The molecule has 6 heteroatoms. The highest BCUT2D eigenvalue weighted by atomic mass is 19.1. The fourth-order valence-electron chi connectivity index (χ4n) is 2.11. The summed E-state index contributed by atoms with van der Waals surface area (Å²) in [5.74, 6) is -1.29. The van der Waals surface area contributed by atoms with Gasteiger partial charge in [0.15, 0.2) is 0 Å². The van der Waals surface area contributed by atoms with Gasteiger partial charge in [-0.2, -0.15) is 4.39 Å². The van der Waals surface area contributed by atoms with E-state index in [9.17, 15) is 18.9 Å². The third kappa shape index (κ3) is 3.16. The van der Waals surface area contributed by atoms with Crippen molar-refractivity contribution in [2.75, 3.05) is 11.4 Å². The van der Waals surface area contributed by atoms with Crippen LogP contribution < -0.4 is 4.90 Å². The molecule has 0 aromatic heterocycles. The second-order valence-corrected chi connectivity index (χ2v) is 4.47. The summed E-state index contributed by atoms with van der Waals surface area (Å²) in [6.07, 6.45) is 0. The van der Waals surface area contributed by atoms with Crippen LogP contribution in [0.3, 0.4) is 0 Å². The fourth-order valence-corrected chi connectivity index (χ4v) is 2.11. The third-order valence-corrected chi connectivity index (χ3v) is 3.19. The first kappa shape index (κ1) is 14.9. The predicted molar refractivity (Wildman–Crippen MR) is 76.2 cm³/mol. The quantitative estimate of drug-likeness (QED) is 0.620. The summed E-state index contributed by atoms with van der Waals surface area (Å²) in [7, 11) is 0. The van der Waals surface area contributed by atoms with Crippen LogP contribution in [0.5, 0.6) is 0 Å². The van der Waals surface area contributed by atoms with Crippen LogP contribution in [0.25, 0.3) is 0 Å². The number of hydrogen-bond acceptors (Lipinski definition) is 3. The van der Waals surface area contributed by atoms with Gasteiger partial charge in [0.1, 0.15) is 5.82 Å². The van der Waals surface area contributed by atoms with Crippen LogP contribution in [0, 0.1) is 21.7 Å². The van der Waals surface area contributed by atoms with Gasteiger partial charge < -0.3 is 4.90 Å². The van der Waals surface area contributed by atoms with Gasteiger partial charge in [0.2, 0.25) is 5.82 Å². The van der Waals surface area contributed by atoms with Crippen molar-refractivity contribution in [3.63, 3.8) is 0 Å². The van der Waals surface area contributed by atoms with Crippen LogP contribution >= 0.6 is 0 Å². The monoisotopic (exact) mass is 292 g/mol. The van der Waals surface area contributed by atoms with Crippen molar-refractivity contribution in [1.29, 1.82) is 0 Å². The van der Waals surface area contributed by atoms with Crippen molar-refractivity contribution >= 4 is 11.4 Å². The lowest BCUT2D eigenvalue weighted by atomic mass is 10.1. The molecule has 2 aromatic rings. The van der Waals surface area contributed by atoms with Crippen LogP contribution in [-0.2, 0) is 6.54 Å². The Morgan fingerprint density at radius 1 is 1.14 bits per heavy atom. The largest absolute Gasteiger partial charge is 0.365 e. The van der Waals surface area contributed by atoms with E-state index in [1.165, 1.54) is 18.2 Å². The maximum atomic E-state index is 14.1. The lowest BCUT2D eigenvalue weighted by molar-refractivity contribution is -0.387. The minimum absolute atomic E-state index is 0.0605. The summed E-state index contributed by atoms with van der Waals surface area (Å²) in [6.45, 7) is 2.32. The van der Waals surface area contributed by atoms with Gasteiger partial charge in [-0.15, -0.1) is 0 Å². The van der Waals surface area contributed by atoms with Crippen LogP contribution in [0.15, 0.2) is 42.5 Å². The smallest absolute Gasteiger partial charge is 0.305 e. The molecular weight excluding hydrogens is 278 g/mol.